The lowest BCUT2D eigenvalue weighted by atomic mass is 9.95. The molecule has 0 saturated carbocycles. The third-order valence-electron chi connectivity index (χ3n) is 2.58. The maximum absolute atomic E-state index is 10.7. The second kappa shape index (κ2) is 6.65. The fourth-order valence-corrected chi connectivity index (χ4v) is 1.69. The first kappa shape index (κ1) is 11.3. The lowest BCUT2D eigenvalue weighted by Gasteiger charge is -2.21. The van der Waals surface area contributed by atoms with Crippen molar-refractivity contribution in [3.63, 3.8) is 0 Å². The molecule has 1 aliphatic heterocycles. The molecule has 0 aromatic carbocycles. The van der Waals surface area contributed by atoms with Crippen molar-refractivity contribution in [3.05, 3.63) is 0 Å². The van der Waals surface area contributed by atoms with Crippen LogP contribution < -0.4 is 5.32 Å². The maximum Gasteiger partial charge on any atom is 0.406 e. The van der Waals surface area contributed by atoms with E-state index in [-0.39, 0.29) is 6.09 Å². The van der Waals surface area contributed by atoms with Gasteiger partial charge in [0.15, 0.2) is 0 Å². The van der Waals surface area contributed by atoms with Crippen LogP contribution in [0.4, 0.5) is 4.79 Å². The Morgan fingerprint density at radius 3 is 2.86 bits per heavy atom. The molecule has 0 radical (unpaired) electrons. The highest BCUT2D eigenvalue weighted by molar-refractivity contribution is 5.66. The molecular formula is C10H19NO3. The van der Waals surface area contributed by atoms with Gasteiger partial charge in [0.2, 0.25) is 0 Å². The normalized spacial score (nSPS) is 17.8. The summed E-state index contributed by atoms with van der Waals surface area (Å²) in [5.41, 5.74) is 0. The fourth-order valence-electron chi connectivity index (χ4n) is 1.69. The van der Waals surface area contributed by atoms with Crippen molar-refractivity contribution in [2.75, 3.05) is 26.9 Å². The summed E-state index contributed by atoms with van der Waals surface area (Å²) in [6.07, 6.45) is 4.20. The van der Waals surface area contributed by atoms with Crippen molar-refractivity contribution in [1.29, 1.82) is 0 Å². The van der Waals surface area contributed by atoms with Gasteiger partial charge in [-0.1, -0.05) is 0 Å². The Bertz CT molecular complexity index is 167. The van der Waals surface area contributed by atoms with Crippen LogP contribution in [-0.2, 0) is 9.47 Å². The quantitative estimate of drug-likeness (QED) is 0.702. The molecule has 1 fully saturated rings. The highest BCUT2D eigenvalue weighted by Crippen LogP contribution is 2.19. The van der Waals surface area contributed by atoms with Gasteiger partial charge in [0.25, 0.3) is 0 Å². The number of alkyl carbamates (subject to hydrolysis) is 1. The Hall–Kier alpha value is -0.770. The second-order valence-corrected chi connectivity index (χ2v) is 3.62. The van der Waals surface area contributed by atoms with Gasteiger partial charge >= 0.3 is 6.09 Å². The number of methoxy groups -OCH3 is 1. The number of rotatable bonds is 4. The van der Waals surface area contributed by atoms with Crippen LogP contribution >= 0.6 is 0 Å². The van der Waals surface area contributed by atoms with E-state index in [4.69, 9.17) is 4.74 Å². The van der Waals surface area contributed by atoms with E-state index in [1.807, 2.05) is 0 Å². The van der Waals surface area contributed by atoms with Gasteiger partial charge in [0.05, 0.1) is 7.11 Å². The van der Waals surface area contributed by atoms with Crippen molar-refractivity contribution < 1.29 is 14.3 Å². The summed E-state index contributed by atoms with van der Waals surface area (Å²) in [7, 11) is 1.38. The van der Waals surface area contributed by atoms with Crippen molar-refractivity contribution in [3.8, 4) is 0 Å². The average molecular weight is 201 g/mol. The summed E-state index contributed by atoms with van der Waals surface area (Å²) in [6, 6.07) is 0. The van der Waals surface area contributed by atoms with E-state index in [2.05, 4.69) is 10.1 Å². The Morgan fingerprint density at radius 1 is 1.50 bits per heavy atom. The van der Waals surface area contributed by atoms with Crippen LogP contribution in [0.5, 0.6) is 0 Å². The van der Waals surface area contributed by atoms with Gasteiger partial charge in [-0.3, -0.25) is 0 Å². The zero-order chi connectivity index (χ0) is 10.2. The Balaban J connectivity index is 1.94. The van der Waals surface area contributed by atoms with Crippen LogP contribution in [0, 0.1) is 5.92 Å². The van der Waals surface area contributed by atoms with Gasteiger partial charge in [-0.2, -0.15) is 0 Å². The van der Waals surface area contributed by atoms with E-state index in [9.17, 15) is 4.79 Å². The van der Waals surface area contributed by atoms with Gasteiger partial charge in [-0.05, 0) is 31.6 Å². The summed E-state index contributed by atoms with van der Waals surface area (Å²) in [6.45, 7) is 2.51. The highest BCUT2D eigenvalue weighted by atomic mass is 16.5. The first-order chi connectivity index (χ1) is 6.83. The predicted molar refractivity (Wildman–Crippen MR) is 53.2 cm³/mol. The van der Waals surface area contributed by atoms with Crippen LogP contribution in [0.15, 0.2) is 0 Å². The number of carbonyl (C=O) groups is 1. The molecule has 0 atom stereocenters. The van der Waals surface area contributed by atoms with Gasteiger partial charge < -0.3 is 14.8 Å². The number of ether oxygens (including phenoxy) is 2. The Kier molecular flexibility index (Phi) is 5.37. The molecule has 0 aromatic heterocycles. The van der Waals surface area contributed by atoms with E-state index in [1.165, 1.54) is 13.5 Å². The number of hydrogen-bond acceptors (Lipinski definition) is 3. The summed E-state index contributed by atoms with van der Waals surface area (Å²) in [5.74, 6) is 0.781. The lowest BCUT2D eigenvalue weighted by molar-refractivity contribution is 0.0633. The van der Waals surface area contributed by atoms with E-state index in [1.54, 1.807) is 0 Å². The van der Waals surface area contributed by atoms with Gasteiger partial charge in [0, 0.05) is 19.8 Å². The van der Waals surface area contributed by atoms with E-state index in [0.29, 0.717) is 6.54 Å². The SMILES string of the molecule is COC(=O)NCCCC1CCOCC1. The zero-order valence-corrected chi connectivity index (χ0v) is 8.75. The van der Waals surface area contributed by atoms with Gasteiger partial charge in [0.1, 0.15) is 0 Å². The molecule has 82 valence electrons. The predicted octanol–water partition coefficient (Wildman–Crippen LogP) is 1.55. The fraction of sp³-hybridized carbons (Fsp3) is 0.900. The summed E-state index contributed by atoms with van der Waals surface area (Å²) in [5, 5.41) is 2.68. The monoisotopic (exact) mass is 201 g/mol. The molecule has 4 nitrogen and oxygen atoms in total. The second-order valence-electron chi connectivity index (χ2n) is 3.62. The first-order valence-electron chi connectivity index (χ1n) is 5.22. The van der Waals surface area contributed by atoms with Crippen molar-refractivity contribution in [2.24, 2.45) is 5.92 Å². The van der Waals surface area contributed by atoms with Gasteiger partial charge in [-0.15, -0.1) is 0 Å². The standard InChI is InChI=1S/C10H19NO3/c1-13-10(12)11-6-2-3-9-4-7-14-8-5-9/h9H,2-8H2,1H3,(H,11,12). The maximum atomic E-state index is 10.7. The minimum atomic E-state index is -0.336. The molecule has 1 amide bonds. The largest absolute Gasteiger partial charge is 0.453 e. The summed E-state index contributed by atoms with van der Waals surface area (Å²) in [4.78, 5) is 10.7. The molecule has 1 saturated heterocycles. The molecule has 0 unspecified atom stereocenters. The van der Waals surface area contributed by atoms with Crippen LogP contribution in [0.1, 0.15) is 25.7 Å². The molecule has 1 N–H and O–H groups in total. The molecule has 0 spiro atoms. The van der Waals surface area contributed by atoms with Crippen LogP contribution in [0.3, 0.4) is 0 Å². The number of hydrogen-bond donors (Lipinski definition) is 1. The summed E-state index contributed by atoms with van der Waals surface area (Å²) < 4.78 is 9.74. The zero-order valence-electron chi connectivity index (χ0n) is 8.75. The minimum Gasteiger partial charge on any atom is -0.453 e. The van der Waals surface area contributed by atoms with Crippen LogP contribution in [0.25, 0.3) is 0 Å². The molecule has 4 heteroatoms. The van der Waals surface area contributed by atoms with E-state index in [0.717, 1.165) is 38.4 Å². The van der Waals surface area contributed by atoms with Crippen molar-refractivity contribution >= 4 is 6.09 Å². The molecule has 1 aliphatic rings. The summed E-state index contributed by atoms with van der Waals surface area (Å²) >= 11 is 0. The van der Waals surface area contributed by atoms with E-state index < -0.39 is 0 Å². The number of nitrogens with one attached hydrogen (secondary N) is 1. The van der Waals surface area contributed by atoms with Crippen LogP contribution in [-0.4, -0.2) is 33.0 Å². The first-order valence-corrected chi connectivity index (χ1v) is 5.22. The number of carbonyl (C=O) groups excluding carboxylic acids is 1. The smallest absolute Gasteiger partial charge is 0.406 e. The van der Waals surface area contributed by atoms with Crippen molar-refractivity contribution in [1.82, 2.24) is 5.32 Å². The van der Waals surface area contributed by atoms with Crippen LogP contribution in [0.2, 0.25) is 0 Å². The topological polar surface area (TPSA) is 47.6 Å². The average Bonchev–Trinajstić information content (AvgIpc) is 2.25. The van der Waals surface area contributed by atoms with Gasteiger partial charge in [-0.25, -0.2) is 4.79 Å². The Morgan fingerprint density at radius 2 is 2.21 bits per heavy atom. The van der Waals surface area contributed by atoms with Crippen molar-refractivity contribution in [2.45, 2.75) is 25.7 Å². The lowest BCUT2D eigenvalue weighted by Crippen LogP contribution is -2.25. The molecule has 0 aliphatic carbocycles. The molecule has 1 rings (SSSR count). The molecule has 0 bridgehead atoms. The minimum absolute atomic E-state index is 0.336. The third-order valence-corrected chi connectivity index (χ3v) is 2.58. The Labute approximate surface area is 85.0 Å². The molecule has 0 aromatic rings. The third kappa shape index (κ3) is 4.46. The molecule has 1 heterocycles. The molecular weight excluding hydrogens is 182 g/mol. The highest BCUT2D eigenvalue weighted by Gasteiger charge is 2.12. The number of amides is 1. The molecule has 14 heavy (non-hydrogen) atoms. The van der Waals surface area contributed by atoms with E-state index >= 15 is 0 Å².